The molecule has 2 rings (SSSR count). The van der Waals surface area contributed by atoms with Gasteiger partial charge in [0.25, 0.3) is 0 Å². The fourth-order valence-electron chi connectivity index (χ4n) is 1.83. The number of nitrogen functional groups attached to an aromatic ring is 1. The fraction of sp³-hybridized carbons (Fsp3) is 0.300. The first-order chi connectivity index (χ1) is 7.39. The molecule has 1 aromatic carbocycles. The molecule has 3 nitrogen and oxygen atoms in total. The second-order valence-electron chi connectivity index (χ2n) is 3.60. The molecule has 1 aromatic rings. The molecule has 0 radical (unpaired) electrons. The van der Waals surface area contributed by atoms with Crippen molar-refractivity contribution in [3.8, 4) is 0 Å². The molecule has 6 heteroatoms. The summed E-state index contributed by atoms with van der Waals surface area (Å²) in [4.78, 5) is 11.0. The molecular formula is C10H9F3N2O. The van der Waals surface area contributed by atoms with Crippen LogP contribution in [0.5, 0.6) is 0 Å². The van der Waals surface area contributed by atoms with Crippen molar-refractivity contribution in [2.45, 2.75) is 19.0 Å². The minimum Gasteiger partial charge on any atom is -0.398 e. The van der Waals surface area contributed by atoms with Crippen molar-refractivity contribution in [1.29, 1.82) is 0 Å². The third-order valence-corrected chi connectivity index (χ3v) is 2.50. The number of fused-ring (bicyclic) bond motifs is 1. The lowest BCUT2D eigenvalue weighted by Crippen LogP contribution is -2.23. The van der Waals surface area contributed by atoms with E-state index in [-0.39, 0.29) is 35.7 Å². The Morgan fingerprint density at radius 2 is 1.94 bits per heavy atom. The summed E-state index contributed by atoms with van der Waals surface area (Å²) < 4.78 is 38.2. The summed E-state index contributed by atoms with van der Waals surface area (Å²) in [5, 5.41) is 2.41. The second kappa shape index (κ2) is 3.40. The van der Waals surface area contributed by atoms with Crippen LogP contribution in [0.2, 0.25) is 0 Å². The van der Waals surface area contributed by atoms with Crippen molar-refractivity contribution in [3.63, 3.8) is 0 Å². The van der Waals surface area contributed by atoms with Crippen LogP contribution in [-0.2, 0) is 17.4 Å². The van der Waals surface area contributed by atoms with Crippen molar-refractivity contribution in [1.82, 2.24) is 0 Å². The summed E-state index contributed by atoms with van der Waals surface area (Å²) in [5.74, 6) is -0.273. The summed E-state index contributed by atoms with van der Waals surface area (Å²) >= 11 is 0. The van der Waals surface area contributed by atoms with Crippen molar-refractivity contribution < 1.29 is 18.0 Å². The van der Waals surface area contributed by atoms with Gasteiger partial charge in [0, 0.05) is 17.8 Å². The van der Waals surface area contributed by atoms with Gasteiger partial charge in [-0.05, 0) is 24.1 Å². The van der Waals surface area contributed by atoms with Crippen molar-refractivity contribution in [3.05, 3.63) is 23.3 Å². The van der Waals surface area contributed by atoms with E-state index in [1.807, 2.05) is 0 Å². The third-order valence-electron chi connectivity index (χ3n) is 2.50. The zero-order chi connectivity index (χ0) is 11.9. The van der Waals surface area contributed by atoms with E-state index in [0.29, 0.717) is 0 Å². The molecule has 3 N–H and O–H groups in total. The number of carbonyl (C=O) groups excluding carboxylic acids is 1. The predicted octanol–water partition coefficient (Wildman–Crippen LogP) is 2.17. The summed E-state index contributed by atoms with van der Waals surface area (Å²) in [6, 6.07) is 2.56. The Kier molecular flexibility index (Phi) is 2.29. The molecule has 1 aliphatic rings. The Balaban J connectivity index is 2.60. The highest BCUT2D eigenvalue weighted by molar-refractivity contribution is 5.94. The Morgan fingerprint density at radius 3 is 2.56 bits per heavy atom. The summed E-state index contributed by atoms with van der Waals surface area (Å²) in [5.41, 5.74) is 4.48. The highest BCUT2D eigenvalue weighted by Gasteiger charge is 2.37. The Labute approximate surface area is 89.4 Å². The van der Waals surface area contributed by atoms with Gasteiger partial charge in [0.05, 0.1) is 5.56 Å². The monoisotopic (exact) mass is 230 g/mol. The van der Waals surface area contributed by atoms with Crippen molar-refractivity contribution in [2.75, 3.05) is 11.1 Å². The van der Waals surface area contributed by atoms with Gasteiger partial charge in [0.1, 0.15) is 0 Å². The number of alkyl halides is 3. The van der Waals surface area contributed by atoms with Gasteiger partial charge < -0.3 is 11.1 Å². The normalized spacial score (nSPS) is 15.6. The van der Waals surface area contributed by atoms with Crippen LogP contribution >= 0.6 is 0 Å². The molecule has 86 valence electrons. The molecular weight excluding hydrogens is 221 g/mol. The molecule has 1 amide bonds. The van der Waals surface area contributed by atoms with Crippen LogP contribution in [0.15, 0.2) is 12.1 Å². The molecule has 0 saturated carbocycles. The predicted molar refractivity (Wildman–Crippen MR) is 52.8 cm³/mol. The molecule has 1 heterocycles. The van der Waals surface area contributed by atoms with Crippen LogP contribution in [0.4, 0.5) is 24.5 Å². The van der Waals surface area contributed by atoms with Gasteiger partial charge in [-0.1, -0.05) is 0 Å². The number of halogens is 3. The Hall–Kier alpha value is -1.72. The quantitative estimate of drug-likeness (QED) is 0.671. The average molecular weight is 230 g/mol. The van der Waals surface area contributed by atoms with Gasteiger partial charge in [-0.25, -0.2) is 0 Å². The van der Waals surface area contributed by atoms with E-state index in [1.165, 1.54) is 6.07 Å². The van der Waals surface area contributed by atoms with E-state index in [9.17, 15) is 18.0 Å². The first-order valence-corrected chi connectivity index (χ1v) is 4.68. The largest absolute Gasteiger partial charge is 0.418 e. The molecule has 0 saturated heterocycles. The lowest BCUT2D eigenvalue weighted by molar-refractivity contribution is -0.137. The van der Waals surface area contributed by atoms with Crippen LogP contribution in [-0.4, -0.2) is 5.91 Å². The number of benzene rings is 1. The second-order valence-corrected chi connectivity index (χ2v) is 3.60. The van der Waals surface area contributed by atoms with Gasteiger partial charge in [-0.2, -0.15) is 13.2 Å². The number of carbonyl (C=O) groups is 1. The number of anilines is 2. The maximum atomic E-state index is 12.7. The van der Waals surface area contributed by atoms with E-state index in [1.54, 1.807) is 0 Å². The maximum absolute atomic E-state index is 12.7. The first-order valence-electron chi connectivity index (χ1n) is 4.68. The number of hydrogen-bond donors (Lipinski definition) is 2. The van der Waals surface area contributed by atoms with Crippen molar-refractivity contribution >= 4 is 17.3 Å². The number of nitrogens with two attached hydrogens (primary N) is 1. The van der Waals surface area contributed by atoms with E-state index in [0.717, 1.165) is 6.07 Å². The Bertz CT molecular complexity index is 454. The summed E-state index contributed by atoms with van der Waals surface area (Å²) in [6.07, 6.45) is -4.36. The van der Waals surface area contributed by atoms with E-state index in [2.05, 4.69) is 5.32 Å². The topological polar surface area (TPSA) is 55.1 Å². The third kappa shape index (κ3) is 1.70. The number of hydrogen-bond acceptors (Lipinski definition) is 2. The van der Waals surface area contributed by atoms with Crippen LogP contribution < -0.4 is 11.1 Å². The molecule has 0 spiro atoms. The van der Waals surface area contributed by atoms with E-state index in [4.69, 9.17) is 5.73 Å². The van der Waals surface area contributed by atoms with Gasteiger partial charge in [0.2, 0.25) is 5.91 Å². The average Bonchev–Trinajstić information content (AvgIpc) is 2.16. The fourth-order valence-corrected chi connectivity index (χ4v) is 1.83. The number of amides is 1. The van der Waals surface area contributed by atoms with Crippen LogP contribution in [0.1, 0.15) is 17.5 Å². The van der Waals surface area contributed by atoms with Gasteiger partial charge >= 0.3 is 6.18 Å². The van der Waals surface area contributed by atoms with Gasteiger partial charge in [-0.15, -0.1) is 0 Å². The van der Waals surface area contributed by atoms with Crippen LogP contribution in [0, 0.1) is 0 Å². The highest BCUT2D eigenvalue weighted by atomic mass is 19.4. The molecule has 0 fully saturated rings. The minimum absolute atomic E-state index is 0.0551. The molecule has 0 atom stereocenters. The number of nitrogens with one attached hydrogen (secondary N) is 1. The lowest BCUT2D eigenvalue weighted by atomic mass is 9.95. The lowest BCUT2D eigenvalue weighted by Gasteiger charge is -2.22. The molecule has 0 bridgehead atoms. The van der Waals surface area contributed by atoms with Crippen LogP contribution in [0.3, 0.4) is 0 Å². The number of rotatable bonds is 0. The molecule has 0 aliphatic carbocycles. The Morgan fingerprint density at radius 1 is 1.25 bits per heavy atom. The van der Waals surface area contributed by atoms with E-state index >= 15 is 0 Å². The minimum atomic E-state index is -4.49. The van der Waals surface area contributed by atoms with Crippen molar-refractivity contribution in [2.24, 2.45) is 0 Å². The highest BCUT2D eigenvalue weighted by Crippen LogP contribution is 2.40. The zero-order valence-electron chi connectivity index (χ0n) is 8.19. The summed E-state index contributed by atoms with van der Waals surface area (Å²) in [6.45, 7) is 0. The standard InChI is InChI=1S/C10H9F3N2O/c11-10(12,13)9-5-1-4-8(16)15-7(5)3-2-6(9)14/h2-3H,1,4,14H2,(H,15,16). The van der Waals surface area contributed by atoms with Crippen LogP contribution in [0.25, 0.3) is 0 Å². The molecule has 0 unspecified atom stereocenters. The van der Waals surface area contributed by atoms with Gasteiger partial charge in [0.15, 0.2) is 0 Å². The molecule has 1 aliphatic heterocycles. The summed E-state index contributed by atoms with van der Waals surface area (Å²) in [7, 11) is 0. The van der Waals surface area contributed by atoms with E-state index < -0.39 is 11.7 Å². The SMILES string of the molecule is Nc1ccc2c(c1C(F)(F)F)CCC(=O)N2. The maximum Gasteiger partial charge on any atom is 0.418 e. The first kappa shape index (κ1) is 10.8. The molecule has 16 heavy (non-hydrogen) atoms. The van der Waals surface area contributed by atoms with Gasteiger partial charge in [-0.3, -0.25) is 4.79 Å². The zero-order valence-corrected chi connectivity index (χ0v) is 8.19. The molecule has 0 aromatic heterocycles. The smallest absolute Gasteiger partial charge is 0.398 e.